The maximum absolute atomic E-state index is 10.8. The zero-order chi connectivity index (χ0) is 13.8. The average Bonchev–Trinajstić information content (AvgIpc) is 2.26. The summed E-state index contributed by atoms with van der Waals surface area (Å²) >= 11 is 0. The van der Waals surface area contributed by atoms with Gasteiger partial charge in [0, 0.05) is 6.42 Å². The second-order valence-corrected chi connectivity index (χ2v) is 10.1. The summed E-state index contributed by atoms with van der Waals surface area (Å²) < 4.78 is 5.38. The summed E-state index contributed by atoms with van der Waals surface area (Å²) in [6.45, 7) is 8.58. The van der Waals surface area contributed by atoms with Crippen molar-refractivity contribution in [2.45, 2.75) is 33.0 Å². The average molecular weight is 260 g/mol. The monoisotopic (exact) mass is 260 g/mol. The number of benzene rings is 1. The topological polar surface area (TPSA) is 26.3 Å². The highest BCUT2D eigenvalue weighted by atomic mass is 28.3. The molecule has 1 rings (SSSR count). The third-order valence-electron chi connectivity index (χ3n) is 2.41. The van der Waals surface area contributed by atoms with Crippen LogP contribution in [0.15, 0.2) is 12.1 Å². The summed E-state index contributed by atoms with van der Waals surface area (Å²) in [5.74, 6) is 3.97. The zero-order valence-electron chi connectivity index (χ0n) is 11.8. The lowest BCUT2D eigenvalue weighted by Crippen LogP contribution is -2.16. The molecule has 0 amide bonds. The van der Waals surface area contributed by atoms with Crippen molar-refractivity contribution in [1.29, 1.82) is 0 Å². The molecule has 1 aromatic rings. The van der Waals surface area contributed by atoms with Crippen molar-refractivity contribution >= 4 is 14.4 Å². The van der Waals surface area contributed by atoms with E-state index < -0.39 is 8.07 Å². The minimum absolute atomic E-state index is 0.383. The molecule has 0 saturated heterocycles. The summed E-state index contributed by atoms with van der Waals surface area (Å²) in [5, 5.41) is 0. The van der Waals surface area contributed by atoms with Gasteiger partial charge < -0.3 is 9.53 Å². The van der Waals surface area contributed by atoms with Crippen LogP contribution in [0.3, 0.4) is 0 Å². The third-order valence-corrected chi connectivity index (χ3v) is 3.29. The predicted molar refractivity (Wildman–Crippen MR) is 77.7 cm³/mol. The molecule has 0 unspecified atom stereocenters. The predicted octanol–water partition coefficient (Wildman–Crippen LogP) is 2.97. The van der Waals surface area contributed by atoms with E-state index in [4.69, 9.17) is 4.74 Å². The number of carbonyl (C=O) groups excluding carboxylic acids is 1. The van der Waals surface area contributed by atoms with Gasteiger partial charge in [0.05, 0.1) is 12.7 Å². The van der Waals surface area contributed by atoms with Crippen molar-refractivity contribution in [2.75, 3.05) is 7.11 Å². The fourth-order valence-corrected chi connectivity index (χ4v) is 2.13. The zero-order valence-corrected chi connectivity index (χ0v) is 12.8. The van der Waals surface area contributed by atoms with E-state index in [2.05, 4.69) is 31.1 Å². The van der Waals surface area contributed by atoms with Gasteiger partial charge in [0.15, 0.2) is 0 Å². The number of hydrogen-bond acceptors (Lipinski definition) is 2. The number of aryl methyl sites for hydroxylation is 1. The molecule has 0 saturated carbocycles. The Bertz CT molecular complexity index is 502. The first-order chi connectivity index (χ1) is 8.37. The van der Waals surface area contributed by atoms with Gasteiger partial charge in [-0.1, -0.05) is 31.6 Å². The lowest BCUT2D eigenvalue weighted by Gasteiger charge is -2.10. The summed E-state index contributed by atoms with van der Waals surface area (Å²) in [5.41, 5.74) is 6.22. The van der Waals surface area contributed by atoms with Crippen LogP contribution < -0.4 is 4.74 Å². The number of hydrogen-bond donors (Lipinski definition) is 0. The molecule has 0 aliphatic heterocycles. The van der Waals surface area contributed by atoms with E-state index in [1.54, 1.807) is 7.11 Å². The van der Waals surface area contributed by atoms with Crippen LogP contribution in [0.1, 0.15) is 16.7 Å². The largest absolute Gasteiger partial charge is 0.495 e. The maximum Gasteiger partial charge on any atom is 0.135 e. The molecule has 96 valence electrons. The lowest BCUT2D eigenvalue weighted by atomic mass is 10.0. The molecule has 0 N–H and O–H groups in total. The van der Waals surface area contributed by atoms with E-state index in [1.165, 1.54) is 0 Å². The highest BCUT2D eigenvalue weighted by Crippen LogP contribution is 2.24. The number of methoxy groups -OCH3 is 1. The molecule has 0 spiro atoms. The Morgan fingerprint density at radius 2 is 2.00 bits per heavy atom. The third kappa shape index (κ3) is 4.05. The van der Waals surface area contributed by atoms with E-state index in [1.807, 2.05) is 19.1 Å². The number of rotatable bonds is 3. The normalized spacial score (nSPS) is 10.5. The number of ether oxygens (including phenoxy) is 1. The molecule has 3 heteroatoms. The van der Waals surface area contributed by atoms with Crippen LogP contribution in [-0.4, -0.2) is 21.5 Å². The van der Waals surface area contributed by atoms with Gasteiger partial charge in [-0.15, -0.1) is 5.54 Å². The smallest absolute Gasteiger partial charge is 0.135 e. The molecule has 18 heavy (non-hydrogen) atoms. The first-order valence-electron chi connectivity index (χ1n) is 6.01. The highest BCUT2D eigenvalue weighted by molar-refractivity contribution is 6.83. The second-order valence-electron chi connectivity index (χ2n) is 5.37. The number of aldehydes is 1. The van der Waals surface area contributed by atoms with Crippen LogP contribution in [0.4, 0.5) is 0 Å². The Kier molecular flexibility index (Phi) is 4.74. The molecule has 1 aromatic carbocycles. The van der Waals surface area contributed by atoms with Crippen molar-refractivity contribution in [2.24, 2.45) is 0 Å². The summed E-state index contributed by atoms with van der Waals surface area (Å²) in [7, 11) is 0.198. The number of carbonyl (C=O) groups is 1. The fraction of sp³-hybridized carbons (Fsp3) is 0.400. The van der Waals surface area contributed by atoms with Gasteiger partial charge in [-0.05, 0) is 24.1 Å². The van der Waals surface area contributed by atoms with Crippen LogP contribution in [0.2, 0.25) is 19.6 Å². The standard InChI is InChI=1S/C15H20O2Si/c1-12-10-13(6-8-16)14(15(11-12)17-2)7-9-18(3,4)5/h8,10-11H,6H2,1-5H3. The van der Waals surface area contributed by atoms with Crippen LogP contribution >= 0.6 is 0 Å². The van der Waals surface area contributed by atoms with E-state index in [-0.39, 0.29) is 0 Å². The summed E-state index contributed by atoms with van der Waals surface area (Å²) in [6, 6.07) is 3.97. The van der Waals surface area contributed by atoms with E-state index >= 15 is 0 Å². The van der Waals surface area contributed by atoms with Crippen molar-refractivity contribution in [3.63, 3.8) is 0 Å². The van der Waals surface area contributed by atoms with Crippen molar-refractivity contribution in [3.8, 4) is 17.2 Å². The van der Waals surface area contributed by atoms with Crippen molar-refractivity contribution in [3.05, 3.63) is 28.8 Å². The minimum atomic E-state index is -1.44. The van der Waals surface area contributed by atoms with Gasteiger partial charge in [0.25, 0.3) is 0 Å². The summed E-state index contributed by atoms with van der Waals surface area (Å²) in [6.07, 6.45) is 1.29. The van der Waals surface area contributed by atoms with E-state index in [0.29, 0.717) is 6.42 Å². The SMILES string of the molecule is COc1cc(C)cc(CC=O)c1C#C[Si](C)(C)C. The maximum atomic E-state index is 10.8. The van der Waals surface area contributed by atoms with Gasteiger partial charge in [0.1, 0.15) is 20.1 Å². The molecule has 0 heterocycles. The molecule has 0 aliphatic carbocycles. The van der Waals surface area contributed by atoms with Crippen LogP contribution in [0, 0.1) is 18.4 Å². The Morgan fingerprint density at radius 1 is 1.33 bits per heavy atom. The van der Waals surface area contributed by atoms with E-state index in [0.717, 1.165) is 28.7 Å². The van der Waals surface area contributed by atoms with Gasteiger partial charge in [-0.3, -0.25) is 0 Å². The molecule has 0 bridgehead atoms. The quantitative estimate of drug-likeness (QED) is 0.474. The molecule has 0 fully saturated rings. The van der Waals surface area contributed by atoms with Gasteiger partial charge in [0.2, 0.25) is 0 Å². The first-order valence-corrected chi connectivity index (χ1v) is 9.51. The summed E-state index contributed by atoms with van der Waals surface area (Å²) in [4.78, 5) is 10.8. The molecule has 0 aromatic heterocycles. The Balaban J connectivity index is 3.36. The highest BCUT2D eigenvalue weighted by Gasteiger charge is 2.11. The van der Waals surface area contributed by atoms with Crippen LogP contribution in [-0.2, 0) is 11.2 Å². The van der Waals surface area contributed by atoms with Crippen molar-refractivity contribution < 1.29 is 9.53 Å². The molecule has 0 atom stereocenters. The van der Waals surface area contributed by atoms with Crippen LogP contribution in [0.5, 0.6) is 5.75 Å². The fourth-order valence-electron chi connectivity index (χ4n) is 1.63. The lowest BCUT2D eigenvalue weighted by molar-refractivity contribution is -0.107. The van der Waals surface area contributed by atoms with E-state index in [9.17, 15) is 4.79 Å². The van der Waals surface area contributed by atoms with Crippen molar-refractivity contribution in [1.82, 2.24) is 0 Å². The minimum Gasteiger partial charge on any atom is -0.495 e. The molecule has 0 aliphatic rings. The molecular weight excluding hydrogens is 240 g/mol. The Labute approximate surface area is 110 Å². The molecular formula is C15H20O2Si. The first kappa shape index (κ1) is 14.5. The Morgan fingerprint density at radius 3 is 2.50 bits per heavy atom. The van der Waals surface area contributed by atoms with Gasteiger partial charge >= 0.3 is 0 Å². The van der Waals surface area contributed by atoms with Gasteiger partial charge in [-0.2, -0.15) is 0 Å². The Hall–Kier alpha value is -1.53. The van der Waals surface area contributed by atoms with Gasteiger partial charge in [-0.25, -0.2) is 0 Å². The molecule has 2 nitrogen and oxygen atoms in total. The second kappa shape index (κ2) is 5.88. The molecule has 0 radical (unpaired) electrons. The van der Waals surface area contributed by atoms with Crippen LogP contribution in [0.25, 0.3) is 0 Å².